The summed E-state index contributed by atoms with van der Waals surface area (Å²) in [5, 5.41) is -0.737. The van der Waals surface area contributed by atoms with Gasteiger partial charge in [-0.05, 0) is 18.2 Å². The highest BCUT2D eigenvalue weighted by atomic mass is 32.2. The van der Waals surface area contributed by atoms with Gasteiger partial charge in [0, 0.05) is 23.9 Å². The van der Waals surface area contributed by atoms with Crippen molar-refractivity contribution in [3.63, 3.8) is 0 Å². The molecule has 6 nitrogen and oxygen atoms in total. The number of nitrogens with zero attached hydrogens (tertiary/aromatic N) is 1. The van der Waals surface area contributed by atoms with Crippen molar-refractivity contribution >= 4 is 21.8 Å². The SMILES string of the molecule is COc1cc(OC)c(C2SCCN2S(=O)(=O)c2c(F)cccc2F)cc1OC. The monoisotopic (exact) mass is 431 g/mol. The van der Waals surface area contributed by atoms with Gasteiger partial charge in [-0.25, -0.2) is 17.2 Å². The van der Waals surface area contributed by atoms with Crippen LogP contribution in [-0.4, -0.2) is 46.4 Å². The molecule has 1 heterocycles. The first-order chi connectivity index (χ1) is 13.3. The summed E-state index contributed by atoms with van der Waals surface area (Å²) in [6, 6.07) is 6.16. The number of sulfonamides is 1. The molecule has 0 spiro atoms. The zero-order valence-corrected chi connectivity index (χ0v) is 17.1. The summed E-state index contributed by atoms with van der Waals surface area (Å²) in [7, 11) is -0.0498. The summed E-state index contributed by atoms with van der Waals surface area (Å²) in [4.78, 5) is -0.957. The normalized spacial score (nSPS) is 17.5. The van der Waals surface area contributed by atoms with Gasteiger partial charge in [-0.1, -0.05) is 6.07 Å². The number of hydrogen-bond donors (Lipinski definition) is 0. The van der Waals surface area contributed by atoms with Crippen LogP contribution in [-0.2, 0) is 10.0 Å². The molecule has 2 aromatic carbocycles. The minimum Gasteiger partial charge on any atom is -0.496 e. The van der Waals surface area contributed by atoms with Gasteiger partial charge in [0.1, 0.15) is 17.4 Å². The van der Waals surface area contributed by atoms with E-state index < -0.39 is 31.9 Å². The van der Waals surface area contributed by atoms with E-state index in [9.17, 15) is 17.2 Å². The molecule has 1 atom stereocenters. The quantitative estimate of drug-likeness (QED) is 0.698. The number of methoxy groups -OCH3 is 3. The van der Waals surface area contributed by atoms with E-state index in [4.69, 9.17) is 14.2 Å². The number of halogens is 2. The van der Waals surface area contributed by atoms with Gasteiger partial charge >= 0.3 is 0 Å². The zero-order chi connectivity index (χ0) is 20.5. The number of rotatable bonds is 6. The number of benzene rings is 2. The molecule has 0 bridgehead atoms. The second-order valence-electron chi connectivity index (χ2n) is 5.84. The van der Waals surface area contributed by atoms with Crippen LogP contribution in [0.1, 0.15) is 10.9 Å². The van der Waals surface area contributed by atoms with E-state index in [0.717, 1.165) is 22.5 Å². The Morgan fingerprint density at radius 1 is 1.00 bits per heavy atom. The lowest BCUT2D eigenvalue weighted by Crippen LogP contribution is -2.32. The Morgan fingerprint density at radius 2 is 1.57 bits per heavy atom. The maximum Gasteiger partial charge on any atom is 0.250 e. The van der Waals surface area contributed by atoms with Gasteiger partial charge in [0.25, 0.3) is 0 Å². The molecule has 0 aromatic heterocycles. The molecule has 10 heteroatoms. The molecule has 0 saturated carbocycles. The van der Waals surface area contributed by atoms with Crippen LogP contribution in [0.2, 0.25) is 0 Å². The Kier molecular flexibility index (Phi) is 6.01. The van der Waals surface area contributed by atoms with E-state index >= 15 is 0 Å². The van der Waals surface area contributed by atoms with Crippen LogP contribution in [0.4, 0.5) is 8.78 Å². The van der Waals surface area contributed by atoms with Crippen LogP contribution >= 0.6 is 11.8 Å². The third-order valence-electron chi connectivity index (χ3n) is 4.34. The molecule has 152 valence electrons. The highest BCUT2D eigenvalue weighted by molar-refractivity contribution is 8.01. The zero-order valence-electron chi connectivity index (χ0n) is 15.4. The maximum atomic E-state index is 14.2. The van der Waals surface area contributed by atoms with Crippen molar-refractivity contribution in [2.45, 2.75) is 10.3 Å². The van der Waals surface area contributed by atoms with E-state index in [2.05, 4.69) is 0 Å². The van der Waals surface area contributed by atoms with Gasteiger partial charge < -0.3 is 14.2 Å². The van der Waals surface area contributed by atoms with Gasteiger partial charge in [-0.2, -0.15) is 4.31 Å². The third kappa shape index (κ3) is 3.51. The van der Waals surface area contributed by atoms with Gasteiger partial charge in [0.05, 0.1) is 26.7 Å². The lowest BCUT2D eigenvalue weighted by Gasteiger charge is -2.26. The maximum absolute atomic E-state index is 14.2. The first-order valence-corrected chi connectivity index (χ1v) is 10.7. The average Bonchev–Trinajstić information content (AvgIpc) is 3.17. The average molecular weight is 431 g/mol. The Bertz CT molecular complexity index is 964. The Hall–Kier alpha value is -2.04. The summed E-state index contributed by atoms with van der Waals surface area (Å²) >= 11 is 1.32. The molecule has 1 aliphatic heterocycles. The predicted octanol–water partition coefficient (Wildman–Crippen LogP) is 3.43. The topological polar surface area (TPSA) is 65.1 Å². The Morgan fingerprint density at radius 3 is 2.14 bits per heavy atom. The first kappa shape index (κ1) is 20.7. The molecule has 1 unspecified atom stereocenters. The molecule has 0 radical (unpaired) electrons. The summed E-state index contributed by atoms with van der Waals surface area (Å²) in [6.07, 6.45) is 0. The standard InChI is InChI=1S/C18H19F2NO5S2/c1-24-14-10-16(26-3)15(25-2)9-11(14)18-21(7-8-27-18)28(22,23)17-12(19)5-4-6-13(17)20/h4-6,9-10,18H,7-8H2,1-3H3. The number of hydrogen-bond acceptors (Lipinski definition) is 6. The van der Waals surface area contributed by atoms with Crippen molar-refractivity contribution in [2.24, 2.45) is 0 Å². The van der Waals surface area contributed by atoms with Crippen LogP contribution in [0, 0.1) is 11.6 Å². The highest BCUT2D eigenvalue weighted by Crippen LogP contribution is 2.48. The Labute approximate surface area is 166 Å². The van der Waals surface area contributed by atoms with E-state index in [1.54, 1.807) is 12.1 Å². The van der Waals surface area contributed by atoms with E-state index in [1.807, 2.05) is 0 Å². The number of thioether (sulfide) groups is 1. The van der Waals surface area contributed by atoms with Crippen LogP contribution in [0.25, 0.3) is 0 Å². The molecular weight excluding hydrogens is 412 g/mol. The van der Waals surface area contributed by atoms with Crippen LogP contribution in [0.5, 0.6) is 17.2 Å². The van der Waals surface area contributed by atoms with Crippen LogP contribution in [0.15, 0.2) is 35.2 Å². The fraction of sp³-hybridized carbons (Fsp3) is 0.333. The first-order valence-electron chi connectivity index (χ1n) is 8.22. The smallest absolute Gasteiger partial charge is 0.250 e. The third-order valence-corrected chi connectivity index (χ3v) is 7.63. The van der Waals surface area contributed by atoms with Crippen molar-refractivity contribution in [3.05, 3.63) is 47.5 Å². The molecule has 2 aromatic rings. The predicted molar refractivity (Wildman–Crippen MR) is 102 cm³/mol. The van der Waals surface area contributed by atoms with Crippen molar-refractivity contribution in [1.82, 2.24) is 4.31 Å². The molecule has 0 amide bonds. The Balaban J connectivity index is 2.11. The van der Waals surface area contributed by atoms with Crippen molar-refractivity contribution in [2.75, 3.05) is 33.6 Å². The van der Waals surface area contributed by atoms with Crippen LogP contribution < -0.4 is 14.2 Å². The molecule has 0 N–H and O–H groups in total. The molecule has 1 saturated heterocycles. The van der Waals surface area contributed by atoms with Gasteiger partial charge in [0.15, 0.2) is 16.4 Å². The fourth-order valence-corrected chi connectivity index (χ4v) is 6.40. The molecule has 1 fully saturated rings. The molecule has 3 rings (SSSR count). The minimum atomic E-state index is -4.42. The van der Waals surface area contributed by atoms with E-state index in [0.29, 0.717) is 28.6 Å². The minimum absolute atomic E-state index is 0.100. The van der Waals surface area contributed by atoms with Gasteiger partial charge in [0.2, 0.25) is 10.0 Å². The summed E-state index contributed by atoms with van der Waals surface area (Å²) in [5.74, 6) is -0.616. The highest BCUT2D eigenvalue weighted by Gasteiger charge is 2.41. The molecule has 28 heavy (non-hydrogen) atoms. The van der Waals surface area contributed by atoms with Crippen molar-refractivity contribution in [3.8, 4) is 17.2 Å². The lowest BCUT2D eigenvalue weighted by molar-refractivity contribution is 0.344. The lowest BCUT2D eigenvalue weighted by atomic mass is 10.1. The molecule has 0 aliphatic carbocycles. The van der Waals surface area contributed by atoms with E-state index in [1.165, 1.54) is 33.1 Å². The second kappa shape index (κ2) is 8.14. The van der Waals surface area contributed by atoms with Crippen molar-refractivity contribution in [1.29, 1.82) is 0 Å². The van der Waals surface area contributed by atoms with Crippen molar-refractivity contribution < 1.29 is 31.4 Å². The van der Waals surface area contributed by atoms with Gasteiger partial charge in [-0.3, -0.25) is 0 Å². The van der Waals surface area contributed by atoms with Gasteiger partial charge in [-0.15, -0.1) is 11.8 Å². The molecule has 1 aliphatic rings. The number of ether oxygens (including phenoxy) is 3. The molecular formula is C18H19F2NO5S2. The second-order valence-corrected chi connectivity index (χ2v) is 8.85. The van der Waals surface area contributed by atoms with Crippen LogP contribution in [0.3, 0.4) is 0 Å². The largest absolute Gasteiger partial charge is 0.496 e. The summed E-state index contributed by atoms with van der Waals surface area (Å²) in [6.45, 7) is 0.100. The summed E-state index contributed by atoms with van der Waals surface area (Å²) < 4.78 is 71.5. The van der Waals surface area contributed by atoms with E-state index in [-0.39, 0.29) is 6.54 Å². The summed E-state index contributed by atoms with van der Waals surface area (Å²) in [5.41, 5.74) is 0.503. The fourth-order valence-electron chi connectivity index (χ4n) is 3.04.